The van der Waals surface area contributed by atoms with E-state index in [0.29, 0.717) is 11.1 Å². The largest absolute Gasteiger partial charge is 0.462 e. The van der Waals surface area contributed by atoms with Gasteiger partial charge in [0.25, 0.3) is 0 Å². The van der Waals surface area contributed by atoms with Crippen molar-refractivity contribution in [2.45, 2.75) is 45.7 Å². The minimum Gasteiger partial charge on any atom is -0.462 e. The molecule has 4 nitrogen and oxygen atoms in total. The van der Waals surface area contributed by atoms with Crippen LogP contribution in [0.3, 0.4) is 0 Å². The summed E-state index contributed by atoms with van der Waals surface area (Å²) in [5.41, 5.74) is 0. The maximum atomic E-state index is 11.4. The average Bonchev–Trinajstić information content (AvgIpc) is 2.40. The number of carbonyl (C=O) groups is 1. The highest BCUT2D eigenvalue weighted by Gasteiger charge is 2.37. The summed E-state index contributed by atoms with van der Waals surface area (Å²) < 4.78 is 16.4. The number of ether oxygens (including phenoxy) is 3. The molecular weight excluding hydrogens is 276 g/mol. The highest BCUT2D eigenvalue weighted by molar-refractivity contribution is 9.12. The van der Waals surface area contributed by atoms with Crippen molar-refractivity contribution in [1.82, 2.24) is 0 Å². The lowest BCUT2D eigenvalue weighted by molar-refractivity contribution is -0.142. The summed E-state index contributed by atoms with van der Waals surface area (Å²) in [5, 5.41) is 0. The molecule has 0 amide bonds. The van der Waals surface area contributed by atoms with Gasteiger partial charge in [-0.05, 0) is 49.7 Å². The fourth-order valence-electron chi connectivity index (χ4n) is 1.55. The van der Waals surface area contributed by atoms with E-state index in [9.17, 15) is 4.79 Å². The predicted molar refractivity (Wildman–Crippen MR) is 63.1 cm³/mol. The molecule has 92 valence electrons. The van der Waals surface area contributed by atoms with Gasteiger partial charge in [-0.1, -0.05) is 0 Å². The maximum absolute atomic E-state index is 11.4. The van der Waals surface area contributed by atoms with Crippen molar-refractivity contribution in [3.05, 3.63) is 10.6 Å². The third-order valence-electron chi connectivity index (χ3n) is 2.13. The lowest BCUT2D eigenvalue weighted by atomic mass is 10.2. The molecule has 0 aromatic carbocycles. The van der Waals surface area contributed by atoms with E-state index in [4.69, 9.17) is 14.2 Å². The Morgan fingerprint density at radius 2 is 2.12 bits per heavy atom. The van der Waals surface area contributed by atoms with Crippen LogP contribution in [0.2, 0.25) is 0 Å². The first-order valence-corrected chi connectivity index (χ1v) is 6.05. The van der Waals surface area contributed by atoms with E-state index in [1.807, 2.05) is 20.8 Å². The average molecular weight is 293 g/mol. The molecule has 1 aliphatic heterocycles. The van der Waals surface area contributed by atoms with Gasteiger partial charge < -0.3 is 14.2 Å². The zero-order chi connectivity index (χ0) is 12.3. The van der Waals surface area contributed by atoms with E-state index in [1.54, 1.807) is 13.0 Å². The molecule has 0 spiro atoms. The summed E-state index contributed by atoms with van der Waals surface area (Å²) in [6.07, 6.45) is 1.35. The number of carbonyl (C=O) groups excluding carboxylic acids is 1. The molecule has 16 heavy (non-hydrogen) atoms. The standard InChI is InChI=1S/C11H17BrO4/c1-5-14-10(13)8(12)6-9-7(2)15-11(3,4)16-9/h6-7,9H,5H2,1-4H3/b8-6-. The van der Waals surface area contributed by atoms with Gasteiger partial charge in [-0.15, -0.1) is 0 Å². The summed E-state index contributed by atoms with van der Waals surface area (Å²) in [5.74, 6) is -0.995. The molecule has 1 fully saturated rings. The molecule has 5 heteroatoms. The second-order valence-electron chi connectivity index (χ2n) is 4.04. The van der Waals surface area contributed by atoms with Gasteiger partial charge in [-0.3, -0.25) is 0 Å². The Balaban J connectivity index is 2.66. The van der Waals surface area contributed by atoms with E-state index >= 15 is 0 Å². The van der Waals surface area contributed by atoms with Gasteiger partial charge in [0.1, 0.15) is 10.6 Å². The minimum absolute atomic E-state index is 0.0861. The van der Waals surface area contributed by atoms with Crippen LogP contribution in [0.1, 0.15) is 27.7 Å². The van der Waals surface area contributed by atoms with E-state index < -0.39 is 5.79 Å². The van der Waals surface area contributed by atoms with Crippen LogP contribution in [0.25, 0.3) is 0 Å². The Hall–Kier alpha value is -0.390. The van der Waals surface area contributed by atoms with Crippen LogP contribution in [0.5, 0.6) is 0 Å². The first kappa shape index (κ1) is 13.7. The van der Waals surface area contributed by atoms with E-state index in [1.165, 1.54) is 0 Å². The van der Waals surface area contributed by atoms with Gasteiger partial charge in [0.2, 0.25) is 0 Å². The second kappa shape index (κ2) is 5.29. The first-order chi connectivity index (χ1) is 7.35. The Kier molecular flexibility index (Phi) is 4.52. The van der Waals surface area contributed by atoms with E-state index in [0.717, 1.165) is 0 Å². The molecule has 0 aromatic rings. The van der Waals surface area contributed by atoms with Gasteiger partial charge in [0, 0.05) is 0 Å². The molecular formula is C11H17BrO4. The maximum Gasteiger partial charge on any atom is 0.344 e. The predicted octanol–water partition coefficient (Wildman–Crippen LogP) is 2.37. The zero-order valence-corrected chi connectivity index (χ0v) is 11.5. The summed E-state index contributed by atoms with van der Waals surface area (Å²) >= 11 is 3.17. The summed E-state index contributed by atoms with van der Waals surface area (Å²) in [7, 11) is 0. The van der Waals surface area contributed by atoms with Crippen molar-refractivity contribution in [3.63, 3.8) is 0 Å². The monoisotopic (exact) mass is 292 g/mol. The quantitative estimate of drug-likeness (QED) is 0.592. The van der Waals surface area contributed by atoms with E-state index in [-0.39, 0.29) is 18.2 Å². The topological polar surface area (TPSA) is 44.8 Å². The number of rotatable bonds is 3. The van der Waals surface area contributed by atoms with Crippen molar-refractivity contribution >= 4 is 21.9 Å². The minimum atomic E-state index is -0.609. The molecule has 0 aliphatic carbocycles. The Morgan fingerprint density at radius 1 is 1.50 bits per heavy atom. The van der Waals surface area contributed by atoms with E-state index in [2.05, 4.69) is 15.9 Å². The van der Waals surface area contributed by atoms with Gasteiger partial charge >= 0.3 is 5.97 Å². The molecule has 1 heterocycles. The Morgan fingerprint density at radius 3 is 2.56 bits per heavy atom. The fourth-order valence-corrected chi connectivity index (χ4v) is 1.92. The van der Waals surface area contributed by atoms with Crippen LogP contribution in [0, 0.1) is 0 Å². The number of halogens is 1. The number of esters is 1. The van der Waals surface area contributed by atoms with Gasteiger partial charge in [-0.2, -0.15) is 0 Å². The highest BCUT2D eigenvalue weighted by atomic mass is 79.9. The number of hydrogen-bond acceptors (Lipinski definition) is 4. The first-order valence-electron chi connectivity index (χ1n) is 5.26. The van der Waals surface area contributed by atoms with Crippen molar-refractivity contribution < 1.29 is 19.0 Å². The van der Waals surface area contributed by atoms with Crippen LogP contribution in [0.15, 0.2) is 10.6 Å². The van der Waals surface area contributed by atoms with Crippen LogP contribution in [-0.2, 0) is 19.0 Å². The molecule has 1 rings (SSSR count). The molecule has 0 radical (unpaired) electrons. The lowest BCUT2D eigenvalue weighted by Gasteiger charge is -2.15. The molecule has 0 bridgehead atoms. The SMILES string of the molecule is CCOC(=O)/C(Br)=C/C1OC(C)(C)OC1C. The third-order valence-corrected chi connectivity index (χ3v) is 2.72. The molecule has 0 N–H and O–H groups in total. The lowest BCUT2D eigenvalue weighted by Crippen LogP contribution is -2.21. The fraction of sp³-hybridized carbons (Fsp3) is 0.727. The molecule has 0 aromatic heterocycles. The van der Waals surface area contributed by atoms with Crippen molar-refractivity contribution in [2.24, 2.45) is 0 Å². The van der Waals surface area contributed by atoms with Crippen molar-refractivity contribution in [1.29, 1.82) is 0 Å². The van der Waals surface area contributed by atoms with Crippen molar-refractivity contribution in [2.75, 3.05) is 6.61 Å². The summed E-state index contributed by atoms with van der Waals surface area (Å²) in [6.45, 7) is 7.70. The normalized spacial score (nSPS) is 29.2. The molecule has 1 aliphatic rings. The van der Waals surface area contributed by atoms with Gasteiger partial charge in [0.05, 0.1) is 12.7 Å². The molecule has 2 unspecified atom stereocenters. The Labute approximate surface area is 104 Å². The van der Waals surface area contributed by atoms with Crippen LogP contribution < -0.4 is 0 Å². The number of hydrogen-bond donors (Lipinski definition) is 0. The molecule has 2 atom stereocenters. The molecule has 0 saturated carbocycles. The van der Waals surface area contributed by atoms with Gasteiger partial charge in [0.15, 0.2) is 5.79 Å². The van der Waals surface area contributed by atoms with Crippen LogP contribution >= 0.6 is 15.9 Å². The summed E-state index contributed by atoms with van der Waals surface area (Å²) in [6, 6.07) is 0. The Bertz CT molecular complexity index is 298. The zero-order valence-electron chi connectivity index (χ0n) is 9.95. The highest BCUT2D eigenvalue weighted by Crippen LogP contribution is 2.29. The van der Waals surface area contributed by atoms with Crippen LogP contribution in [-0.4, -0.2) is 30.6 Å². The van der Waals surface area contributed by atoms with Crippen molar-refractivity contribution in [3.8, 4) is 0 Å². The molecule has 1 saturated heterocycles. The summed E-state index contributed by atoms with van der Waals surface area (Å²) in [4.78, 5) is 11.4. The van der Waals surface area contributed by atoms with Gasteiger partial charge in [-0.25, -0.2) is 4.79 Å². The smallest absolute Gasteiger partial charge is 0.344 e. The van der Waals surface area contributed by atoms with Crippen LogP contribution in [0.4, 0.5) is 0 Å². The third kappa shape index (κ3) is 3.57. The second-order valence-corrected chi connectivity index (χ2v) is 4.89.